The second-order valence-corrected chi connectivity index (χ2v) is 10.3. The highest BCUT2D eigenvalue weighted by Crippen LogP contribution is 2.29. The Kier molecular flexibility index (Phi) is 12.5. The van der Waals surface area contributed by atoms with Crippen LogP contribution in [0, 0.1) is 0 Å². The third kappa shape index (κ3) is 13.7. The fourth-order valence-corrected chi connectivity index (χ4v) is 4.20. The molecule has 1 aromatic rings. The Morgan fingerprint density at radius 3 is 2.69 bits per heavy atom. The van der Waals surface area contributed by atoms with Crippen LogP contribution in [0.25, 0.3) is 0 Å². The average Bonchev–Trinajstić information content (AvgIpc) is 2.68. The van der Waals surface area contributed by atoms with Crippen LogP contribution < -0.4 is 5.32 Å². The van der Waals surface area contributed by atoms with Crippen LogP contribution in [0.4, 0.5) is 0 Å². The second-order valence-electron chi connectivity index (χ2n) is 7.89. The van der Waals surface area contributed by atoms with Crippen molar-refractivity contribution >= 4 is 33.8 Å². The van der Waals surface area contributed by atoms with Crippen molar-refractivity contribution in [1.82, 2.24) is 10.3 Å². The van der Waals surface area contributed by atoms with Crippen LogP contribution in [0.1, 0.15) is 53.4 Å². The zero-order chi connectivity index (χ0) is 21.6. The molecule has 0 saturated carbocycles. The maximum absolute atomic E-state index is 11.9. The first-order valence-electron chi connectivity index (χ1n) is 9.93. The first-order valence-corrected chi connectivity index (χ1v) is 12.2. The van der Waals surface area contributed by atoms with Gasteiger partial charge in [-0.3, -0.25) is 4.79 Å². The lowest BCUT2D eigenvalue weighted by Crippen LogP contribution is -2.37. The summed E-state index contributed by atoms with van der Waals surface area (Å²) in [6.07, 6.45) is 5.20. The van der Waals surface area contributed by atoms with Gasteiger partial charge in [0, 0.05) is 31.3 Å². The van der Waals surface area contributed by atoms with Gasteiger partial charge >= 0.3 is 0 Å². The van der Waals surface area contributed by atoms with Gasteiger partial charge in [0.2, 0.25) is 5.91 Å². The van der Waals surface area contributed by atoms with Crippen molar-refractivity contribution in [1.29, 1.82) is 0 Å². The molecule has 29 heavy (non-hydrogen) atoms. The predicted molar refractivity (Wildman–Crippen MR) is 120 cm³/mol. The minimum atomic E-state index is -0.431. The van der Waals surface area contributed by atoms with Crippen molar-refractivity contribution in [2.45, 2.75) is 69.6 Å². The standard InChI is InChI=1S/C21H34N2O4S2/c1-20(2,27-17-21(3,4)26-15-8-14-24)11-7-13-22-18(25)10-16-28-29-19-9-5-6-12-23-19/h5-6,9,12,14H,7-8,10-11,13,15-17H2,1-4H3,(H,22,25). The minimum absolute atomic E-state index is 0.0718. The molecule has 0 aliphatic carbocycles. The average molecular weight is 443 g/mol. The van der Waals surface area contributed by atoms with Crippen LogP contribution in [0.15, 0.2) is 29.4 Å². The summed E-state index contributed by atoms with van der Waals surface area (Å²) in [5, 5.41) is 3.93. The number of rotatable bonds is 16. The van der Waals surface area contributed by atoms with Gasteiger partial charge in [-0.25, -0.2) is 4.98 Å². The molecular formula is C21H34N2O4S2. The summed E-state index contributed by atoms with van der Waals surface area (Å²) in [5.74, 6) is 0.823. The number of hydrogen-bond donors (Lipinski definition) is 1. The van der Waals surface area contributed by atoms with Gasteiger partial charge in [0.15, 0.2) is 0 Å². The highest BCUT2D eigenvalue weighted by Gasteiger charge is 2.25. The molecule has 6 nitrogen and oxygen atoms in total. The number of ether oxygens (including phenoxy) is 2. The molecule has 0 aromatic carbocycles. The highest BCUT2D eigenvalue weighted by molar-refractivity contribution is 8.76. The number of nitrogens with zero attached hydrogens (tertiary/aromatic N) is 1. The van der Waals surface area contributed by atoms with Gasteiger partial charge in [-0.2, -0.15) is 0 Å². The monoisotopic (exact) mass is 442 g/mol. The fourth-order valence-electron chi connectivity index (χ4n) is 2.33. The van der Waals surface area contributed by atoms with Gasteiger partial charge in [0.1, 0.15) is 11.3 Å². The number of carbonyl (C=O) groups is 2. The summed E-state index contributed by atoms with van der Waals surface area (Å²) in [6.45, 7) is 9.50. The van der Waals surface area contributed by atoms with Gasteiger partial charge in [-0.05, 0) is 63.5 Å². The van der Waals surface area contributed by atoms with E-state index in [2.05, 4.69) is 10.3 Å². The van der Waals surface area contributed by atoms with E-state index in [9.17, 15) is 9.59 Å². The third-order valence-corrected chi connectivity index (χ3v) is 6.28. The fraction of sp³-hybridized carbons (Fsp3) is 0.667. The number of amides is 1. The molecule has 1 rings (SSSR count). The van der Waals surface area contributed by atoms with Gasteiger partial charge in [0.25, 0.3) is 0 Å². The Balaban J connectivity index is 2.10. The summed E-state index contributed by atoms with van der Waals surface area (Å²) in [6, 6.07) is 5.80. The number of aldehydes is 1. The first-order chi connectivity index (χ1) is 13.7. The van der Waals surface area contributed by atoms with Gasteiger partial charge in [-0.1, -0.05) is 16.9 Å². The second kappa shape index (κ2) is 14.0. The van der Waals surface area contributed by atoms with Crippen molar-refractivity contribution in [3.63, 3.8) is 0 Å². The summed E-state index contributed by atoms with van der Waals surface area (Å²) >= 11 is 0. The van der Waals surface area contributed by atoms with Crippen LogP contribution in [0.5, 0.6) is 0 Å². The van der Waals surface area contributed by atoms with Crippen molar-refractivity contribution in [2.75, 3.05) is 25.5 Å². The Morgan fingerprint density at radius 1 is 1.21 bits per heavy atom. The normalized spacial score (nSPS) is 12.0. The number of hydrogen-bond acceptors (Lipinski definition) is 7. The predicted octanol–water partition coefficient (Wildman–Crippen LogP) is 4.29. The number of aromatic nitrogens is 1. The molecule has 0 atom stereocenters. The molecule has 0 aliphatic rings. The minimum Gasteiger partial charge on any atom is -0.373 e. The first kappa shape index (κ1) is 25.9. The largest absolute Gasteiger partial charge is 0.373 e. The molecule has 1 aromatic heterocycles. The van der Waals surface area contributed by atoms with E-state index in [0.29, 0.717) is 32.6 Å². The summed E-state index contributed by atoms with van der Waals surface area (Å²) in [7, 11) is 3.23. The summed E-state index contributed by atoms with van der Waals surface area (Å²) in [4.78, 5) is 26.6. The van der Waals surface area contributed by atoms with E-state index in [-0.39, 0.29) is 11.5 Å². The molecular weight excluding hydrogens is 408 g/mol. The molecule has 0 spiro atoms. The lowest BCUT2D eigenvalue weighted by atomic mass is 10.0. The molecule has 1 heterocycles. The van der Waals surface area contributed by atoms with Crippen molar-refractivity contribution in [3.8, 4) is 0 Å². The van der Waals surface area contributed by atoms with E-state index < -0.39 is 5.60 Å². The lowest BCUT2D eigenvalue weighted by Gasteiger charge is -2.32. The van der Waals surface area contributed by atoms with E-state index >= 15 is 0 Å². The van der Waals surface area contributed by atoms with Crippen molar-refractivity contribution in [2.24, 2.45) is 0 Å². The van der Waals surface area contributed by atoms with Crippen LogP contribution in [0.3, 0.4) is 0 Å². The number of nitrogens with one attached hydrogen (secondary N) is 1. The van der Waals surface area contributed by atoms with Crippen LogP contribution in [-0.4, -0.2) is 53.9 Å². The molecule has 1 N–H and O–H groups in total. The molecule has 0 aliphatic heterocycles. The molecule has 164 valence electrons. The van der Waals surface area contributed by atoms with Gasteiger partial charge in [-0.15, -0.1) is 0 Å². The van der Waals surface area contributed by atoms with Crippen LogP contribution in [-0.2, 0) is 19.1 Å². The third-order valence-electron chi connectivity index (χ3n) is 4.01. The highest BCUT2D eigenvalue weighted by atomic mass is 33.1. The topological polar surface area (TPSA) is 77.5 Å². The number of carbonyl (C=O) groups excluding carboxylic acids is 2. The summed E-state index contributed by atoms with van der Waals surface area (Å²) < 4.78 is 11.7. The molecule has 0 radical (unpaired) electrons. The SMILES string of the molecule is CC(C)(CCCNC(=O)CCSSc1ccccn1)OCC(C)(C)OCCC=O. The van der Waals surface area contributed by atoms with E-state index in [1.165, 1.54) is 0 Å². The Labute approximate surface area is 182 Å². The molecule has 0 unspecified atom stereocenters. The smallest absolute Gasteiger partial charge is 0.220 e. The molecule has 0 bridgehead atoms. The lowest BCUT2D eigenvalue weighted by molar-refractivity contribution is -0.127. The Bertz CT molecular complexity index is 598. The molecule has 0 fully saturated rings. The maximum Gasteiger partial charge on any atom is 0.220 e. The summed E-state index contributed by atoms with van der Waals surface area (Å²) in [5.41, 5.74) is -0.732. The molecule has 0 saturated heterocycles. The van der Waals surface area contributed by atoms with E-state index in [0.717, 1.165) is 29.9 Å². The molecule has 1 amide bonds. The van der Waals surface area contributed by atoms with Crippen molar-refractivity contribution < 1.29 is 19.1 Å². The van der Waals surface area contributed by atoms with Crippen LogP contribution in [0.2, 0.25) is 0 Å². The van der Waals surface area contributed by atoms with Crippen molar-refractivity contribution in [3.05, 3.63) is 24.4 Å². The quantitative estimate of drug-likeness (QED) is 0.232. The van der Waals surface area contributed by atoms with E-state index in [1.807, 2.05) is 45.9 Å². The van der Waals surface area contributed by atoms with Gasteiger partial charge < -0.3 is 19.6 Å². The Hall–Kier alpha value is -1.09. The van der Waals surface area contributed by atoms with Gasteiger partial charge in [0.05, 0.1) is 24.4 Å². The van der Waals surface area contributed by atoms with E-state index in [1.54, 1.807) is 27.8 Å². The zero-order valence-electron chi connectivity index (χ0n) is 17.9. The van der Waals surface area contributed by atoms with Crippen LogP contribution >= 0.6 is 21.6 Å². The zero-order valence-corrected chi connectivity index (χ0v) is 19.6. The van der Waals surface area contributed by atoms with E-state index in [4.69, 9.17) is 9.47 Å². The molecule has 8 heteroatoms. The Morgan fingerprint density at radius 2 is 2.00 bits per heavy atom. The number of pyridine rings is 1. The maximum atomic E-state index is 11.9.